The van der Waals surface area contributed by atoms with Gasteiger partial charge in [-0.05, 0) is 0 Å². The molecule has 178 valence electrons. The molecule has 2 unspecified atom stereocenters. The van der Waals surface area contributed by atoms with Crippen molar-refractivity contribution >= 4 is 35.5 Å². The Balaban J connectivity index is 1.56. The van der Waals surface area contributed by atoms with Crippen molar-refractivity contribution in [2.75, 3.05) is 0 Å². The van der Waals surface area contributed by atoms with E-state index in [1.165, 1.54) is 78.0 Å². The molecule has 0 aromatic heterocycles. The van der Waals surface area contributed by atoms with Crippen LogP contribution in [0.25, 0.3) is 12.2 Å². The van der Waals surface area contributed by atoms with E-state index in [1.807, 2.05) is 0 Å². The molecule has 0 nitrogen and oxygen atoms in total. The molecule has 0 aliphatic heterocycles. The third-order valence-electron chi connectivity index (χ3n) is 8.85. The van der Waals surface area contributed by atoms with E-state index in [-0.39, 0.29) is 13.6 Å². The molecule has 4 aliphatic carbocycles. The molecule has 0 saturated heterocycles. The maximum absolute atomic E-state index is 8.32. The van der Waals surface area contributed by atoms with Crippen LogP contribution < -0.4 is 0 Å². The summed E-state index contributed by atoms with van der Waals surface area (Å²) in [6, 6.07) is 15.3. The molecule has 0 amide bonds. The Labute approximate surface area is 214 Å². The molecule has 34 heavy (non-hydrogen) atoms. The molecular formula is C30H36Cl2HfSi. The standard InChI is InChI=1S/2C13H13.C4H10Si.2ClH.Hf/c2*1-9-7-11-3-2-4-12(10-5-6-10)13(11)8-9;1-2-3-4-5;;;/h2*2-4,7-8,10H,5-6H2,1H3;5H,2-4H2,1H3;2*1H;/q;;;;;+2/p-2. The first-order chi connectivity index (χ1) is 16.3. The normalized spacial score (nSPS) is 23.9. The minimum atomic E-state index is -4.60. The zero-order valence-electron chi connectivity index (χ0n) is 20.7. The molecule has 0 heterocycles. The molecule has 2 atom stereocenters. The summed E-state index contributed by atoms with van der Waals surface area (Å²) in [4.78, 5) is 0. The fourth-order valence-corrected chi connectivity index (χ4v) is 58.2. The quantitative estimate of drug-likeness (QED) is 0.203. The first-order valence-corrected chi connectivity index (χ1v) is 34.0. The van der Waals surface area contributed by atoms with Gasteiger partial charge in [-0.2, -0.15) is 0 Å². The second kappa shape index (κ2) is 8.57. The molecule has 4 aliphatic rings. The van der Waals surface area contributed by atoms with Crippen LogP contribution in [-0.4, -0.2) is 6.22 Å². The van der Waals surface area contributed by atoms with E-state index in [1.54, 1.807) is 11.1 Å². The Kier molecular flexibility index (Phi) is 6.04. The van der Waals surface area contributed by atoms with Gasteiger partial charge in [0.25, 0.3) is 0 Å². The summed E-state index contributed by atoms with van der Waals surface area (Å²) < 4.78 is 0.509. The van der Waals surface area contributed by atoms with E-state index in [0.717, 1.165) is 11.8 Å². The van der Waals surface area contributed by atoms with Gasteiger partial charge in [0, 0.05) is 0 Å². The first kappa shape index (κ1) is 24.0. The molecule has 6 rings (SSSR count). The molecule has 2 saturated carbocycles. The summed E-state index contributed by atoms with van der Waals surface area (Å²) in [6.45, 7) is 6.95. The van der Waals surface area contributed by atoms with Gasteiger partial charge in [0.2, 0.25) is 0 Å². The molecule has 4 heteroatoms. The number of halogens is 2. The molecule has 0 spiro atoms. The van der Waals surface area contributed by atoms with Crippen LogP contribution >= 0.6 is 17.2 Å². The van der Waals surface area contributed by atoms with E-state index in [0.29, 0.717) is 0 Å². The SMILES string of the molecule is CCCC[SiH]=[Hf]([Cl])([Cl])([CH]1C(C)=Cc2c(C3CC3)cccc21)[CH]1C(C)=Cc2c(C3CC3)cccc21. The summed E-state index contributed by atoms with van der Waals surface area (Å²) in [5.41, 5.74) is 11.8. The van der Waals surface area contributed by atoms with E-state index in [2.05, 4.69) is 69.3 Å². The summed E-state index contributed by atoms with van der Waals surface area (Å²) in [5.74, 6) is 1.49. The number of allylic oxidation sites excluding steroid dienone is 2. The third-order valence-corrected chi connectivity index (χ3v) is 55.5. The monoisotopic (exact) mass is 674 g/mol. The summed E-state index contributed by atoms with van der Waals surface area (Å²) in [7, 11) is 16.6. The zero-order valence-corrected chi connectivity index (χ0v) is 27.0. The maximum atomic E-state index is 8.32. The van der Waals surface area contributed by atoms with Crippen LogP contribution in [0.5, 0.6) is 0 Å². The number of unbranched alkanes of at least 4 members (excludes halogenated alkanes) is 1. The van der Waals surface area contributed by atoms with E-state index in [9.17, 15) is 0 Å². The fraction of sp³-hybridized carbons (Fsp3) is 0.467. The number of rotatable bonds is 7. The van der Waals surface area contributed by atoms with Crippen LogP contribution in [0.15, 0.2) is 47.5 Å². The Bertz CT molecular complexity index is 1210. The van der Waals surface area contributed by atoms with E-state index in [4.69, 9.17) is 17.2 Å². The number of hydrogen-bond donors (Lipinski definition) is 0. The van der Waals surface area contributed by atoms with Gasteiger partial charge in [-0.25, -0.2) is 0 Å². The second-order valence-corrected chi connectivity index (χ2v) is 61.4. The Hall–Kier alpha value is -0.413. The molecule has 0 N–H and O–H groups in total. The first-order valence-electron chi connectivity index (χ1n) is 13.4. The average Bonchev–Trinajstić information content (AvgIpc) is 3.71. The van der Waals surface area contributed by atoms with Crippen LogP contribution in [0.4, 0.5) is 0 Å². The Morgan fingerprint density at radius 3 is 1.62 bits per heavy atom. The van der Waals surface area contributed by atoms with Crippen molar-refractivity contribution in [3.05, 3.63) is 80.9 Å². The molecule has 0 bridgehead atoms. The van der Waals surface area contributed by atoms with Gasteiger partial charge in [-0.15, -0.1) is 0 Å². The van der Waals surface area contributed by atoms with Crippen molar-refractivity contribution < 1.29 is 14.8 Å². The molecular weight excluding hydrogens is 638 g/mol. The van der Waals surface area contributed by atoms with Gasteiger partial charge in [-0.3, -0.25) is 0 Å². The van der Waals surface area contributed by atoms with Crippen molar-refractivity contribution in [2.24, 2.45) is 0 Å². The van der Waals surface area contributed by atoms with Gasteiger partial charge in [0.15, 0.2) is 0 Å². The van der Waals surface area contributed by atoms with Crippen LogP contribution in [0, 0.1) is 0 Å². The van der Waals surface area contributed by atoms with Gasteiger partial charge in [0.05, 0.1) is 0 Å². The predicted molar refractivity (Wildman–Crippen MR) is 148 cm³/mol. The molecule has 0 radical (unpaired) electrons. The van der Waals surface area contributed by atoms with Gasteiger partial charge >= 0.3 is 216 Å². The van der Waals surface area contributed by atoms with Crippen molar-refractivity contribution in [2.45, 2.75) is 84.5 Å². The summed E-state index contributed by atoms with van der Waals surface area (Å²) in [5, 5.41) is 0. The predicted octanol–water partition coefficient (Wildman–Crippen LogP) is 9.62. The zero-order chi connectivity index (χ0) is 23.7. The number of benzene rings is 2. The molecule has 2 aromatic carbocycles. The van der Waals surface area contributed by atoms with Crippen molar-refractivity contribution in [3.63, 3.8) is 0 Å². The fourth-order valence-electron chi connectivity index (χ4n) is 7.10. The summed E-state index contributed by atoms with van der Waals surface area (Å²) >= 11 is -4.60. The van der Waals surface area contributed by atoms with E-state index >= 15 is 0 Å². The molecule has 2 aromatic rings. The summed E-state index contributed by atoms with van der Waals surface area (Å²) in [6.07, 6.45) is 12.8. The van der Waals surface area contributed by atoms with Crippen molar-refractivity contribution in [3.8, 4) is 0 Å². The third kappa shape index (κ3) is 3.77. The van der Waals surface area contributed by atoms with Crippen LogP contribution in [0.1, 0.15) is 112 Å². The molecule has 2 fully saturated rings. The minimum absolute atomic E-state index is 0.0195. The van der Waals surface area contributed by atoms with Gasteiger partial charge < -0.3 is 0 Å². The number of hydrogen-bond acceptors (Lipinski definition) is 0. The Morgan fingerprint density at radius 1 is 0.765 bits per heavy atom. The second-order valence-electron chi connectivity index (χ2n) is 11.5. The average molecular weight is 674 g/mol. The van der Waals surface area contributed by atoms with Crippen LogP contribution in [0.2, 0.25) is 6.04 Å². The Morgan fingerprint density at radius 2 is 1.21 bits per heavy atom. The topological polar surface area (TPSA) is 0 Å². The van der Waals surface area contributed by atoms with Gasteiger partial charge in [0.1, 0.15) is 0 Å². The van der Waals surface area contributed by atoms with Gasteiger partial charge in [-0.1, -0.05) is 0 Å². The van der Waals surface area contributed by atoms with Crippen molar-refractivity contribution in [1.82, 2.24) is 0 Å². The number of fused-ring (bicyclic) bond motifs is 2. The van der Waals surface area contributed by atoms with Crippen molar-refractivity contribution in [1.29, 1.82) is 0 Å². The van der Waals surface area contributed by atoms with Crippen LogP contribution in [-0.2, 0) is 14.8 Å². The van der Waals surface area contributed by atoms with E-state index < -0.39 is 14.8 Å². The van der Waals surface area contributed by atoms with Crippen LogP contribution in [0.3, 0.4) is 0 Å².